The summed E-state index contributed by atoms with van der Waals surface area (Å²) in [6, 6.07) is 17.0. The van der Waals surface area contributed by atoms with Crippen LogP contribution in [-0.4, -0.2) is 22.5 Å². The molecule has 0 saturated heterocycles. The molecule has 8 heteroatoms. The fourth-order valence-electron chi connectivity index (χ4n) is 4.51. The number of urea groups is 1. The lowest BCUT2D eigenvalue weighted by atomic mass is 9.92. The summed E-state index contributed by atoms with van der Waals surface area (Å²) in [7, 11) is 0. The van der Waals surface area contributed by atoms with E-state index < -0.39 is 29.6 Å². The third-order valence-electron chi connectivity index (χ3n) is 5.97. The van der Waals surface area contributed by atoms with E-state index in [1.807, 2.05) is 24.3 Å². The van der Waals surface area contributed by atoms with Crippen LogP contribution < -0.4 is 5.32 Å². The SMILES string of the molecule is O=C(Nc1ccccc1C(F)(F)F)N1CCc2c([nH]c3ccccc23)[C@H]1c1ccccc1F. The van der Waals surface area contributed by atoms with E-state index in [0.717, 1.165) is 22.5 Å². The number of aromatic nitrogens is 1. The van der Waals surface area contributed by atoms with Crippen molar-refractivity contribution >= 4 is 22.6 Å². The van der Waals surface area contributed by atoms with Gasteiger partial charge in [0.05, 0.1) is 11.3 Å². The lowest BCUT2D eigenvalue weighted by Crippen LogP contribution is -2.43. The maximum absolute atomic E-state index is 14.9. The molecule has 1 aliphatic rings. The van der Waals surface area contributed by atoms with Crippen LogP contribution in [0.4, 0.5) is 28.0 Å². The highest BCUT2D eigenvalue weighted by Gasteiger charge is 2.38. The quantitative estimate of drug-likeness (QED) is 0.334. The maximum atomic E-state index is 14.9. The molecule has 1 aromatic heterocycles. The summed E-state index contributed by atoms with van der Waals surface area (Å²) < 4.78 is 55.2. The summed E-state index contributed by atoms with van der Waals surface area (Å²) in [5.74, 6) is -0.498. The Labute approximate surface area is 186 Å². The molecule has 3 aromatic carbocycles. The number of hydrogen-bond acceptors (Lipinski definition) is 1. The molecule has 1 aliphatic heterocycles. The van der Waals surface area contributed by atoms with Gasteiger partial charge in [-0.25, -0.2) is 9.18 Å². The normalized spacial score (nSPS) is 16.0. The van der Waals surface area contributed by atoms with Crippen LogP contribution in [0.2, 0.25) is 0 Å². The fourth-order valence-corrected chi connectivity index (χ4v) is 4.51. The minimum Gasteiger partial charge on any atom is -0.356 e. The average Bonchev–Trinajstić information content (AvgIpc) is 3.17. The highest BCUT2D eigenvalue weighted by molar-refractivity contribution is 5.92. The fraction of sp³-hybridized carbons (Fsp3) is 0.160. The smallest absolute Gasteiger partial charge is 0.356 e. The number of fused-ring (bicyclic) bond motifs is 3. The first-order chi connectivity index (χ1) is 15.8. The molecule has 0 bridgehead atoms. The Hall–Kier alpha value is -3.81. The Bertz CT molecular complexity index is 1340. The molecule has 0 radical (unpaired) electrons. The van der Waals surface area contributed by atoms with Gasteiger partial charge < -0.3 is 15.2 Å². The number of carbonyl (C=O) groups is 1. The zero-order chi connectivity index (χ0) is 23.2. The minimum atomic E-state index is -4.62. The van der Waals surface area contributed by atoms with Crippen LogP contribution in [0.15, 0.2) is 72.8 Å². The van der Waals surface area contributed by atoms with Crippen LogP contribution in [0.3, 0.4) is 0 Å². The Morgan fingerprint density at radius 1 is 0.970 bits per heavy atom. The van der Waals surface area contributed by atoms with E-state index in [2.05, 4.69) is 10.3 Å². The number of carbonyl (C=O) groups excluding carboxylic acids is 1. The van der Waals surface area contributed by atoms with Gasteiger partial charge in [-0.3, -0.25) is 0 Å². The topological polar surface area (TPSA) is 48.1 Å². The molecular formula is C25H19F4N3O. The van der Waals surface area contributed by atoms with Crippen LogP contribution in [0.5, 0.6) is 0 Å². The standard InChI is InChI=1S/C25H19F4N3O/c26-19-10-4-1-8-17(19)23-22-16(15-7-2-5-11-20(15)30-22)13-14-32(23)24(33)31-21-12-6-3-9-18(21)25(27,28)29/h1-12,23,30H,13-14H2,(H,31,33)/t23-/m1/s1. The molecule has 4 aromatic rings. The molecule has 2 amide bonds. The van der Waals surface area contributed by atoms with Crippen LogP contribution >= 0.6 is 0 Å². The molecule has 0 aliphatic carbocycles. The average molecular weight is 453 g/mol. The second-order valence-electron chi connectivity index (χ2n) is 7.90. The van der Waals surface area contributed by atoms with E-state index in [4.69, 9.17) is 0 Å². The number of hydrogen-bond donors (Lipinski definition) is 2. The molecule has 1 atom stereocenters. The first-order valence-electron chi connectivity index (χ1n) is 10.4. The van der Waals surface area contributed by atoms with Crippen LogP contribution in [0.25, 0.3) is 10.9 Å². The van der Waals surface area contributed by atoms with Gasteiger partial charge in [-0.05, 0) is 36.2 Å². The molecule has 5 rings (SSSR count). The Balaban J connectivity index is 1.59. The molecule has 33 heavy (non-hydrogen) atoms. The number of nitrogens with one attached hydrogen (secondary N) is 2. The number of aromatic amines is 1. The van der Waals surface area contributed by atoms with Gasteiger partial charge in [-0.2, -0.15) is 13.2 Å². The van der Waals surface area contributed by atoms with E-state index >= 15 is 0 Å². The van der Waals surface area contributed by atoms with Gasteiger partial charge in [-0.1, -0.05) is 48.5 Å². The monoisotopic (exact) mass is 453 g/mol. The summed E-state index contributed by atoms with van der Waals surface area (Å²) in [4.78, 5) is 18.0. The van der Waals surface area contributed by atoms with Crippen LogP contribution in [0, 0.1) is 5.82 Å². The largest absolute Gasteiger partial charge is 0.418 e. The Kier molecular flexibility index (Phi) is 5.08. The van der Waals surface area contributed by atoms with Crippen molar-refractivity contribution in [2.24, 2.45) is 0 Å². The number of rotatable bonds is 2. The molecule has 168 valence electrons. The van der Waals surface area contributed by atoms with Crippen molar-refractivity contribution in [1.29, 1.82) is 0 Å². The van der Waals surface area contributed by atoms with Gasteiger partial charge in [0.1, 0.15) is 11.9 Å². The lowest BCUT2D eigenvalue weighted by Gasteiger charge is -2.36. The van der Waals surface area contributed by atoms with Crippen molar-refractivity contribution in [3.05, 3.63) is 101 Å². The van der Waals surface area contributed by atoms with Crippen molar-refractivity contribution in [2.45, 2.75) is 18.6 Å². The second kappa shape index (κ2) is 7.95. The predicted molar refractivity (Wildman–Crippen MR) is 117 cm³/mol. The van der Waals surface area contributed by atoms with E-state index in [1.165, 1.54) is 29.2 Å². The number of para-hydroxylation sites is 2. The summed E-state index contributed by atoms with van der Waals surface area (Å²) in [6.45, 7) is 0.216. The lowest BCUT2D eigenvalue weighted by molar-refractivity contribution is -0.136. The highest BCUT2D eigenvalue weighted by atomic mass is 19.4. The summed E-state index contributed by atoms with van der Waals surface area (Å²) in [5.41, 5.74) is 1.47. The summed E-state index contributed by atoms with van der Waals surface area (Å²) in [6.07, 6.45) is -4.14. The number of halogens is 4. The van der Waals surface area contributed by atoms with Gasteiger partial charge >= 0.3 is 12.2 Å². The summed E-state index contributed by atoms with van der Waals surface area (Å²) in [5, 5.41) is 3.38. The van der Waals surface area contributed by atoms with Gasteiger partial charge in [-0.15, -0.1) is 0 Å². The molecular weight excluding hydrogens is 434 g/mol. The number of amides is 2. The number of alkyl halides is 3. The van der Waals surface area contributed by atoms with E-state index in [-0.39, 0.29) is 17.8 Å². The first-order valence-corrected chi connectivity index (χ1v) is 10.4. The highest BCUT2D eigenvalue weighted by Crippen LogP contribution is 2.40. The van der Waals surface area contributed by atoms with E-state index in [1.54, 1.807) is 18.2 Å². The summed E-state index contributed by atoms with van der Waals surface area (Å²) >= 11 is 0. The molecule has 0 fully saturated rings. The van der Waals surface area contributed by atoms with Crippen molar-refractivity contribution in [3.63, 3.8) is 0 Å². The number of benzene rings is 3. The van der Waals surface area contributed by atoms with Gasteiger partial charge in [0.2, 0.25) is 0 Å². The maximum Gasteiger partial charge on any atom is 0.418 e. The zero-order valence-electron chi connectivity index (χ0n) is 17.3. The van der Waals surface area contributed by atoms with Crippen LogP contribution in [0.1, 0.15) is 28.4 Å². The van der Waals surface area contributed by atoms with Crippen molar-refractivity contribution in [2.75, 3.05) is 11.9 Å². The van der Waals surface area contributed by atoms with E-state index in [9.17, 15) is 22.4 Å². The number of anilines is 1. The van der Waals surface area contributed by atoms with Gasteiger partial charge in [0.15, 0.2) is 0 Å². The molecule has 2 heterocycles. The van der Waals surface area contributed by atoms with Gasteiger partial charge in [0, 0.05) is 28.7 Å². The third kappa shape index (κ3) is 3.71. The minimum absolute atomic E-state index is 0.216. The molecule has 0 spiro atoms. The number of nitrogens with zero attached hydrogens (tertiary/aromatic N) is 1. The van der Waals surface area contributed by atoms with Crippen LogP contribution in [-0.2, 0) is 12.6 Å². The first kappa shape index (κ1) is 21.1. The van der Waals surface area contributed by atoms with Crippen molar-refractivity contribution in [3.8, 4) is 0 Å². The van der Waals surface area contributed by atoms with Crippen molar-refractivity contribution in [1.82, 2.24) is 9.88 Å². The molecule has 2 N–H and O–H groups in total. The Morgan fingerprint density at radius 3 is 2.45 bits per heavy atom. The molecule has 4 nitrogen and oxygen atoms in total. The van der Waals surface area contributed by atoms with E-state index in [0.29, 0.717) is 12.1 Å². The Morgan fingerprint density at radius 2 is 1.67 bits per heavy atom. The zero-order valence-corrected chi connectivity index (χ0v) is 17.3. The van der Waals surface area contributed by atoms with Gasteiger partial charge in [0.25, 0.3) is 0 Å². The number of H-pyrrole nitrogens is 1. The predicted octanol–water partition coefficient (Wildman–Crippen LogP) is 6.51. The third-order valence-corrected chi connectivity index (χ3v) is 5.97. The molecule has 0 unspecified atom stereocenters. The van der Waals surface area contributed by atoms with Crippen molar-refractivity contribution < 1.29 is 22.4 Å². The second-order valence-corrected chi connectivity index (χ2v) is 7.90. The molecule has 0 saturated carbocycles.